The van der Waals surface area contributed by atoms with Gasteiger partial charge in [0.25, 0.3) is 0 Å². The number of esters is 1. The number of ether oxygens (including phenoxy) is 2. The van der Waals surface area contributed by atoms with Crippen LogP contribution in [-0.2, 0) is 14.3 Å². The van der Waals surface area contributed by atoms with Crippen LogP contribution in [0, 0.1) is 13.8 Å². The van der Waals surface area contributed by atoms with Crippen molar-refractivity contribution in [1.82, 2.24) is 10.2 Å². The fourth-order valence-electron chi connectivity index (χ4n) is 4.13. The number of nitrogens with one attached hydrogen (secondary N) is 3. The summed E-state index contributed by atoms with van der Waals surface area (Å²) in [5.41, 5.74) is 4.90. The van der Waals surface area contributed by atoms with Crippen molar-refractivity contribution >= 4 is 29.4 Å². The second-order valence-electron chi connectivity index (χ2n) is 8.63. The molecule has 2 aromatic carbocycles. The van der Waals surface area contributed by atoms with Gasteiger partial charge in [0.05, 0.1) is 18.2 Å². The third kappa shape index (κ3) is 6.23. The molecule has 0 fully saturated rings. The standard InChI is InChI=1S/C27H34N4O5/c1-6-14-31-19(4)22(25(32)36-16-15-35-5)24(30-27(31)34)20-10-12-21(13-11-20)28-26(33)29-23-17(2)8-7-9-18(23)3/h7-13,24H,6,14-16H2,1-5H3,(H,30,34)(H2,28,29,33). The summed E-state index contributed by atoms with van der Waals surface area (Å²) in [6.45, 7) is 8.46. The molecule has 0 saturated carbocycles. The highest BCUT2D eigenvalue weighted by molar-refractivity contribution is 6.00. The molecule has 1 heterocycles. The first-order valence-corrected chi connectivity index (χ1v) is 12.0. The number of nitrogens with zero attached hydrogens (tertiary/aromatic N) is 1. The number of benzene rings is 2. The van der Waals surface area contributed by atoms with E-state index in [-0.39, 0.29) is 25.3 Å². The Balaban J connectivity index is 1.80. The molecule has 1 aliphatic heterocycles. The maximum absolute atomic E-state index is 13.0. The van der Waals surface area contributed by atoms with Gasteiger partial charge in [0.15, 0.2) is 0 Å². The van der Waals surface area contributed by atoms with Crippen LogP contribution in [0.5, 0.6) is 0 Å². The van der Waals surface area contributed by atoms with Crippen molar-refractivity contribution < 1.29 is 23.9 Å². The molecule has 0 aliphatic carbocycles. The Morgan fingerprint density at radius 1 is 1.00 bits per heavy atom. The van der Waals surface area contributed by atoms with Crippen molar-refractivity contribution in [3.8, 4) is 0 Å². The highest BCUT2D eigenvalue weighted by atomic mass is 16.6. The fraction of sp³-hybridized carbons (Fsp3) is 0.370. The number of allylic oxidation sites excluding steroid dienone is 1. The quantitative estimate of drug-likeness (QED) is 0.340. The van der Waals surface area contributed by atoms with E-state index in [0.29, 0.717) is 29.1 Å². The zero-order chi connectivity index (χ0) is 26.2. The minimum atomic E-state index is -0.682. The Bertz CT molecular complexity index is 1120. The Hall–Kier alpha value is -3.85. The number of carbonyl (C=O) groups excluding carboxylic acids is 3. The summed E-state index contributed by atoms with van der Waals surface area (Å²) >= 11 is 0. The molecule has 0 radical (unpaired) electrons. The normalized spacial score (nSPS) is 15.4. The number of amides is 4. The molecule has 36 heavy (non-hydrogen) atoms. The largest absolute Gasteiger partial charge is 0.460 e. The molecular formula is C27H34N4O5. The van der Waals surface area contributed by atoms with Crippen molar-refractivity contribution in [2.45, 2.75) is 40.2 Å². The minimum absolute atomic E-state index is 0.110. The van der Waals surface area contributed by atoms with Gasteiger partial charge in [-0.05, 0) is 56.0 Å². The zero-order valence-electron chi connectivity index (χ0n) is 21.4. The van der Waals surface area contributed by atoms with Crippen LogP contribution >= 0.6 is 0 Å². The third-order valence-corrected chi connectivity index (χ3v) is 6.01. The van der Waals surface area contributed by atoms with Crippen LogP contribution in [0.1, 0.15) is 43.0 Å². The average molecular weight is 495 g/mol. The highest BCUT2D eigenvalue weighted by Gasteiger charge is 2.36. The smallest absolute Gasteiger partial charge is 0.338 e. The molecule has 0 bridgehead atoms. The van der Waals surface area contributed by atoms with Crippen molar-refractivity contribution in [1.29, 1.82) is 0 Å². The highest BCUT2D eigenvalue weighted by Crippen LogP contribution is 2.32. The van der Waals surface area contributed by atoms with Crippen molar-refractivity contribution in [2.24, 2.45) is 0 Å². The second-order valence-corrected chi connectivity index (χ2v) is 8.63. The van der Waals surface area contributed by atoms with Crippen molar-refractivity contribution in [3.05, 3.63) is 70.4 Å². The van der Waals surface area contributed by atoms with Gasteiger partial charge >= 0.3 is 18.0 Å². The number of hydrogen-bond acceptors (Lipinski definition) is 5. The summed E-state index contributed by atoms with van der Waals surface area (Å²) in [5.74, 6) is -0.508. The molecule has 192 valence electrons. The Kier molecular flexibility index (Phi) is 9.08. The predicted octanol–water partition coefficient (Wildman–Crippen LogP) is 4.89. The third-order valence-electron chi connectivity index (χ3n) is 6.01. The van der Waals surface area contributed by atoms with E-state index in [1.54, 1.807) is 36.1 Å². The van der Waals surface area contributed by atoms with Crippen LogP contribution in [0.25, 0.3) is 0 Å². The van der Waals surface area contributed by atoms with Crippen LogP contribution in [0.2, 0.25) is 0 Å². The van der Waals surface area contributed by atoms with E-state index < -0.39 is 12.0 Å². The van der Waals surface area contributed by atoms with Crippen LogP contribution in [0.4, 0.5) is 21.0 Å². The molecule has 4 amide bonds. The number of hydrogen-bond donors (Lipinski definition) is 3. The van der Waals surface area contributed by atoms with Crippen LogP contribution in [-0.4, -0.2) is 49.8 Å². The van der Waals surface area contributed by atoms with Gasteiger partial charge in [0, 0.05) is 30.7 Å². The number of aryl methyl sites for hydroxylation is 2. The van der Waals surface area contributed by atoms with E-state index >= 15 is 0 Å². The number of rotatable bonds is 9. The SMILES string of the molecule is CCCN1C(=O)NC(c2ccc(NC(=O)Nc3c(C)cccc3C)cc2)C(C(=O)OCCOC)=C1C. The second kappa shape index (κ2) is 12.2. The van der Waals surface area contributed by atoms with Gasteiger partial charge in [-0.1, -0.05) is 37.3 Å². The number of methoxy groups -OCH3 is 1. The molecule has 9 nitrogen and oxygen atoms in total. The first-order chi connectivity index (χ1) is 17.3. The molecule has 1 aliphatic rings. The predicted molar refractivity (Wildman–Crippen MR) is 139 cm³/mol. The Labute approximate surface area is 211 Å². The number of anilines is 2. The van der Waals surface area contributed by atoms with E-state index in [9.17, 15) is 14.4 Å². The van der Waals surface area contributed by atoms with E-state index in [1.165, 1.54) is 7.11 Å². The summed E-state index contributed by atoms with van der Waals surface area (Å²) in [7, 11) is 1.53. The van der Waals surface area contributed by atoms with Crippen LogP contribution < -0.4 is 16.0 Å². The first-order valence-electron chi connectivity index (χ1n) is 12.0. The van der Waals surface area contributed by atoms with Crippen molar-refractivity contribution in [2.75, 3.05) is 37.5 Å². The molecular weight excluding hydrogens is 460 g/mol. The lowest BCUT2D eigenvalue weighted by Crippen LogP contribution is -2.48. The first kappa shape index (κ1) is 26.7. The molecule has 0 saturated heterocycles. The molecule has 3 N–H and O–H groups in total. The Morgan fingerprint density at radius 2 is 1.67 bits per heavy atom. The van der Waals surface area contributed by atoms with Gasteiger partial charge in [0.1, 0.15) is 6.61 Å². The lowest BCUT2D eigenvalue weighted by atomic mass is 9.94. The molecule has 1 atom stereocenters. The van der Waals surface area contributed by atoms with E-state index in [0.717, 1.165) is 23.2 Å². The van der Waals surface area contributed by atoms with Gasteiger partial charge in [-0.25, -0.2) is 14.4 Å². The topological polar surface area (TPSA) is 109 Å². The fourth-order valence-corrected chi connectivity index (χ4v) is 4.13. The average Bonchev–Trinajstić information content (AvgIpc) is 2.84. The molecule has 0 spiro atoms. The molecule has 9 heteroatoms. The van der Waals surface area contributed by atoms with Gasteiger partial charge in [-0.3, -0.25) is 4.90 Å². The molecule has 3 rings (SSSR count). The van der Waals surface area contributed by atoms with Gasteiger partial charge in [-0.15, -0.1) is 0 Å². The number of urea groups is 2. The maximum atomic E-state index is 13.0. The number of carbonyl (C=O) groups is 3. The van der Waals surface area contributed by atoms with Gasteiger partial charge in [-0.2, -0.15) is 0 Å². The van der Waals surface area contributed by atoms with Crippen LogP contribution in [0.15, 0.2) is 53.7 Å². The maximum Gasteiger partial charge on any atom is 0.338 e. The summed E-state index contributed by atoms with van der Waals surface area (Å²) in [4.78, 5) is 39.9. The molecule has 1 unspecified atom stereocenters. The molecule has 0 aromatic heterocycles. The lowest BCUT2D eigenvalue weighted by Gasteiger charge is -2.35. The van der Waals surface area contributed by atoms with E-state index in [4.69, 9.17) is 9.47 Å². The monoisotopic (exact) mass is 494 g/mol. The summed E-state index contributed by atoms with van der Waals surface area (Å²) < 4.78 is 10.4. The molecule has 2 aromatic rings. The van der Waals surface area contributed by atoms with Crippen LogP contribution in [0.3, 0.4) is 0 Å². The zero-order valence-corrected chi connectivity index (χ0v) is 21.4. The van der Waals surface area contributed by atoms with Gasteiger partial charge in [0.2, 0.25) is 0 Å². The minimum Gasteiger partial charge on any atom is -0.460 e. The van der Waals surface area contributed by atoms with Crippen molar-refractivity contribution in [3.63, 3.8) is 0 Å². The van der Waals surface area contributed by atoms with E-state index in [1.807, 2.05) is 39.0 Å². The lowest BCUT2D eigenvalue weighted by molar-refractivity contribution is -0.140. The van der Waals surface area contributed by atoms with Gasteiger partial charge < -0.3 is 25.4 Å². The Morgan fingerprint density at radius 3 is 2.28 bits per heavy atom. The number of para-hydroxylation sites is 1. The summed E-state index contributed by atoms with van der Waals surface area (Å²) in [5, 5.41) is 8.63. The summed E-state index contributed by atoms with van der Waals surface area (Å²) in [6.07, 6.45) is 0.742. The van der Waals surface area contributed by atoms with E-state index in [2.05, 4.69) is 16.0 Å². The summed E-state index contributed by atoms with van der Waals surface area (Å²) in [6, 6.07) is 11.5.